The summed E-state index contributed by atoms with van der Waals surface area (Å²) in [5, 5.41) is 14.5. The molecule has 0 fully saturated rings. The van der Waals surface area contributed by atoms with Crippen molar-refractivity contribution in [3.8, 4) is 22.5 Å². The molecule has 0 aliphatic heterocycles. The van der Waals surface area contributed by atoms with Crippen molar-refractivity contribution in [2.45, 2.75) is 19.1 Å². The highest BCUT2D eigenvalue weighted by Crippen LogP contribution is 2.41. The number of hydrogen-bond donors (Lipinski definition) is 0. The number of hydrogen-bond acceptors (Lipinski definition) is 5. The summed E-state index contributed by atoms with van der Waals surface area (Å²) in [4.78, 5) is 13.5. The maximum atomic E-state index is 11.8. The fraction of sp³-hybridized carbons (Fsp3) is 0.0857. The molecule has 0 aliphatic rings. The van der Waals surface area contributed by atoms with Gasteiger partial charge in [0, 0.05) is 18.1 Å². The Kier molecular flexibility index (Phi) is 7.20. The SMILES string of the molecule is CC(=O)OCc1cccc(-c2ccccc2)c1-c1nnn(C(c2ccccc2)(c2ccccc2)c2ccccc2)n1. The quantitative estimate of drug-likeness (QED) is 0.156. The van der Waals surface area contributed by atoms with Crippen molar-refractivity contribution in [1.82, 2.24) is 20.2 Å². The highest BCUT2D eigenvalue weighted by molar-refractivity contribution is 5.83. The largest absolute Gasteiger partial charge is 0.461 e. The van der Waals surface area contributed by atoms with Crippen LogP contribution in [0.3, 0.4) is 0 Å². The molecule has 6 heteroatoms. The Morgan fingerprint density at radius 2 is 1.20 bits per heavy atom. The summed E-state index contributed by atoms with van der Waals surface area (Å²) >= 11 is 0. The van der Waals surface area contributed by atoms with Crippen molar-refractivity contribution >= 4 is 5.97 Å². The van der Waals surface area contributed by atoms with Gasteiger partial charge < -0.3 is 4.74 Å². The number of rotatable bonds is 8. The third-order valence-corrected chi connectivity index (χ3v) is 7.18. The summed E-state index contributed by atoms with van der Waals surface area (Å²) in [7, 11) is 0. The van der Waals surface area contributed by atoms with E-state index in [9.17, 15) is 4.79 Å². The molecule has 0 radical (unpaired) electrons. The van der Waals surface area contributed by atoms with Gasteiger partial charge in [0.25, 0.3) is 0 Å². The molecule has 0 N–H and O–H groups in total. The van der Waals surface area contributed by atoms with E-state index in [4.69, 9.17) is 15.0 Å². The van der Waals surface area contributed by atoms with E-state index in [0.717, 1.165) is 38.9 Å². The normalized spacial score (nSPS) is 11.2. The van der Waals surface area contributed by atoms with E-state index in [1.54, 1.807) is 4.80 Å². The first-order valence-electron chi connectivity index (χ1n) is 13.5. The van der Waals surface area contributed by atoms with Crippen molar-refractivity contribution in [3.05, 3.63) is 162 Å². The van der Waals surface area contributed by atoms with E-state index >= 15 is 0 Å². The van der Waals surface area contributed by atoms with Crippen molar-refractivity contribution < 1.29 is 9.53 Å². The number of esters is 1. The molecule has 0 bridgehead atoms. The highest BCUT2D eigenvalue weighted by Gasteiger charge is 2.41. The Balaban J connectivity index is 1.62. The van der Waals surface area contributed by atoms with Gasteiger partial charge in [-0.1, -0.05) is 140 Å². The van der Waals surface area contributed by atoms with Gasteiger partial charge in [0.05, 0.1) is 0 Å². The minimum atomic E-state index is -0.896. The molecule has 0 aliphatic carbocycles. The van der Waals surface area contributed by atoms with E-state index in [-0.39, 0.29) is 12.6 Å². The van der Waals surface area contributed by atoms with Crippen LogP contribution < -0.4 is 0 Å². The van der Waals surface area contributed by atoms with Crippen molar-refractivity contribution in [3.63, 3.8) is 0 Å². The van der Waals surface area contributed by atoms with E-state index in [2.05, 4.69) is 41.5 Å². The summed E-state index contributed by atoms with van der Waals surface area (Å²) in [5.41, 5.74) is 5.60. The van der Waals surface area contributed by atoms with Gasteiger partial charge in [0.1, 0.15) is 6.61 Å². The molecule has 1 aromatic heterocycles. The minimum Gasteiger partial charge on any atom is -0.461 e. The lowest BCUT2D eigenvalue weighted by Crippen LogP contribution is -2.39. The average Bonchev–Trinajstić information content (AvgIpc) is 3.52. The number of tetrazole rings is 1. The zero-order valence-corrected chi connectivity index (χ0v) is 22.6. The van der Waals surface area contributed by atoms with Gasteiger partial charge in [-0.15, -0.1) is 15.0 Å². The third kappa shape index (κ3) is 4.92. The first kappa shape index (κ1) is 25.9. The number of ether oxygens (including phenoxy) is 1. The summed E-state index contributed by atoms with van der Waals surface area (Å²) in [5.74, 6) is 0.0905. The molecule has 6 nitrogen and oxygen atoms in total. The van der Waals surface area contributed by atoms with Crippen molar-refractivity contribution in [2.75, 3.05) is 0 Å². The lowest BCUT2D eigenvalue weighted by molar-refractivity contribution is -0.142. The molecule has 0 saturated heterocycles. The van der Waals surface area contributed by atoms with E-state index < -0.39 is 5.54 Å². The van der Waals surface area contributed by atoms with Crippen LogP contribution in [-0.4, -0.2) is 26.2 Å². The summed E-state index contributed by atoms with van der Waals surface area (Å²) in [6.45, 7) is 1.50. The van der Waals surface area contributed by atoms with Gasteiger partial charge in [0.2, 0.25) is 5.82 Å². The van der Waals surface area contributed by atoms with Crippen LogP contribution in [0.15, 0.2) is 140 Å². The van der Waals surface area contributed by atoms with Crippen LogP contribution in [0.2, 0.25) is 0 Å². The lowest BCUT2D eigenvalue weighted by atomic mass is 9.77. The van der Waals surface area contributed by atoms with Crippen LogP contribution in [0.4, 0.5) is 0 Å². The van der Waals surface area contributed by atoms with E-state index in [0.29, 0.717) is 5.82 Å². The van der Waals surface area contributed by atoms with Gasteiger partial charge in [-0.2, -0.15) is 0 Å². The van der Waals surface area contributed by atoms with Gasteiger partial charge >= 0.3 is 5.97 Å². The molecule has 0 spiro atoms. The molecule has 0 unspecified atom stereocenters. The van der Waals surface area contributed by atoms with Crippen LogP contribution in [-0.2, 0) is 21.7 Å². The maximum absolute atomic E-state index is 11.8. The van der Waals surface area contributed by atoms with Gasteiger partial charge in [0.15, 0.2) is 5.54 Å². The van der Waals surface area contributed by atoms with Crippen LogP contribution in [0, 0.1) is 0 Å². The van der Waals surface area contributed by atoms with Crippen molar-refractivity contribution in [1.29, 1.82) is 0 Å². The van der Waals surface area contributed by atoms with E-state index in [1.165, 1.54) is 6.92 Å². The number of benzene rings is 5. The molecule has 1 heterocycles. The fourth-order valence-corrected chi connectivity index (χ4v) is 5.36. The summed E-state index contributed by atoms with van der Waals surface area (Å²) in [6.07, 6.45) is 0. The fourth-order valence-electron chi connectivity index (χ4n) is 5.36. The Morgan fingerprint density at radius 1 is 0.683 bits per heavy atom. The van der Waals surface area contributed by atoms with Gasteiger partial charge in [-0.25, -0.2) is 0 Å². The predicted molar refractivity (Wildman–Crippen MR) is 159 cm³/mol. The molecule has 41 heavy (non-hydrogen) atoms. The zero-order valence-electron chi connectivity index (χ0n) is 22.6. The molecular formula is C35H28N4O2. The Bertz CT molecular complexity index is 1660. The Morgan fingerprint density at radius 3 is 1.71 bits per heavy atom. The highest BCUT2D eigenvalue weighted by atomic mass is 16.5. The molecule has 0 atom stereocenters. The topological polar surface area (TPSA) is 69.9 Å². The maximum Gasteiger partial charge on any atom is 0.302 e. The van der Waals surface area contributed by atoms with Crippen LogP contribution in [0.25, 0.3) is 22.5 Å². The minimum absolute atomic E-state index is 0.0983. The Labute approximate surface area is 238 Å². The number of nitrogens with zero attached hydrogens (tertiary/aromatic N) is 4. The molecule has 0 amide bonds. The second-order valence-corrected chi connectivity index (χ2v) is 9.70. The summed E-state index contributed by atoms with van der Waals surface area (Å²) < 4.78 is 5.44. The van der Waals surface area contributed by atoms with Crippen LogP contribution in [0.1, 0.15) is 29.2 Å². The number of aromatic nitrogens is 4. The number of carbonyl (C=O) groups excluding carboxylic acids is 1. The molecule has 200 valence electrons. The molecule has 6 aromatic rings. The van der Waals surface area contributed by atoms with Gasteiger partial charge in [-0.3, -0.25) is 4.79 Å². The third-order valence-electron chi connectivity index (χ3n) is 7.18. The Hall–Kier alpha value is -5.36. The molecule has 6 rings (SSSR count). The number of carbonyl (C=O) groups is 1. The van der Waals surface area contributed by atoms with Crippen molar-refractivity contribution in [2.24, 2.45) is 0 Å². The first-order valence-corrected chi connectivity index (χ1v) is 13.5. The standard InChI is InChI=1S/C35H28N4O2/c1-26(40)41-25-28-17-14-24-32(27-15-6-2-7-16-27)33(28)34-36-38-39(37-34)35(29-18-8-3-9-19-29,30-20-10-4-11-21-30)31-22-12-5-13-23-31/h2-24H,25H2,1H3. The average molecular weight is 537 g/mol. The second-order valence-electron chi connectivity index (χ2n) is 9.70. The molecule has 5 aromatic carbocycles. The summed E-state index contributed by atoms with van der Waals surface area (Å²) in [6, 6.07) is 46.7. The van der Waals surface area contributed by atoms with E-state index in [1.807, 2.05) is 103 Å². The predicted octanol–water partition coefficient (Wildman–Crippen LogP) is 6.91. The molecular weight excluding hydrogens is 508 g/mol. The first-order chi connectivity index (χ1) is 20.2. The monoisotopic (exact) mass is 536 g/mol. The second kappa shape index (κ2) is 11.4. The van der Waals surface area contributed by atoms with Gasteiger partial charge in [-0.05, 0) is 33.0 Å². The lowest BCUT2D eigenvalue weighted by Gasteiger charge is -2.34. The van der Waals surface area contributed by atoms with Crippen LogP contribution in [0.5, 0.6) is 0 Å². The smallest absolute Gasteiger partial charge is 0.302 e. The molecule has 0 saturated carbocycles. The van der Waals surface area contributed by atoms with Crippen LogP contribution >= 0.6 is 0 Å². The zero-order chi connectivity index (χ0) is 28.1.